The van der Waals surface area contributed by atoms with Crippen molar-refractivity contribution in [3.05, 3.63) is 27.5 Å². The lowest BCUT2D eigenvalue weighted by atomic mass is 10.2. The van der Waals surface area contributed by atoms with E-state index < -0.39 is 0 Å². The summed E-state index contributed by atoms with van der Waals surface area (Å²) in [5.41, 5.74) is 6.69. The summed E-state index contributed by atoms with van der Waals surface area (Å²) >= 11 is 4.89. The number of anilines is 1. The Morgan fingerprint density at radius 2 is 2.06 bits per heavy atom. The lowest BCUT2D eigenvalue weighted by molar-refractivity contribution is 0.0779. The van der Waals surface area contributed by atoms with Crippen molar-refractivity contribution in [2.75, 3.05) is 18.8 Å². The molecule has 0 aliphatic rings. The molecule has 3 nitrogen and oxygen atoms in total. The largest absolute Gasteiger partial charge is 0.397 e. The van der Waals surface area contributed by atoms with Crippen LogP contribution in [0.25, 0.3) is 10.1 Å². The van der Waals surface area contributed by atoms with Gasteiger partial charge in [0, 0.05) is 27.6 Å². The molecule has 0 radical (unpaired) electrons. The Bertz CT molecular complexity index is 590. The molecule has 1 aromatic heterocycles. The smallest absolute Gasteiger partial charge is 0.266 e. The molecule has 0 saturated heterocycles. The zero-order chi connectivity index (χ0) is 13.3. The third-order valence-corrected chi connectivity index (χ3v) is 4.60. The van der Waals surface area contributed by atoms with Gasteiger partial charge in [-0.05, 0) is 32.0 Å². The van der Waals surface area contributed by atoms with E-state index in [4.69, 9.17) is 5.73 Å². The molecular formula is C13H15BrN2OS. The van der Waals surface area contributed by atoms with Crippen molar-refractivity contribution >= 4 is 48.9 Å². The van der Waals surface area contributed by atoms with Gasteiger partial charge in [-0.25, -0.2) is 0 Å². The molecule has 2 aromatic rings. The van der Waals surface area contributed by atoms with Gasteiger partial charge in [-0.2, -0.15) is 0 Å². The van der Waals surface area contributed by atoms with E-state index in [1.165, 1.54) is 11.3 Å². The molecule has 0 aliphatic carbocycles. The number of amides is 1. The summed E-state index contributed by atoms with van der Waals surface area (Å²) in [5, 5.41) is 0.949. The summed E-state index contributed by atoms with van der Waals surface area (Å²) in [4.78, 5) is 14.8. The van der Waals surface area contributed by atoms with Crippen LogP contribution in [0.15, 0.2) is 22.7 Å². The van der Waals surface area contributed by atoms with Crippen LogP contribution in [0.2, 0.25) is 0 Å². The maximum absolute atomic E-state index is 12.3. The molecule has 2 rings (SSSR count). The van der Waals surface area contributed by atoms with Crippen LogP contribution in [0.5, 0.6) is 0 Å². The first-order valence-corrected chi connectivity index (χ1v) is 7.46. The van der Waals surface area contributed by atoms with Crippen LogP contribution in [0.1, 0.15) is 23.5 Å². The fourth-order valence-corrected chi connectivity index (χ4v) is 3.33. The first kappa shape index (κ1) is 13.4. The highest BCUT2D eigenvalue weighted by Crippen LogP contribution is 2.35. The van der Waals surface area contributed by atoms with Gasteiger partial charge in [0.05, 0.1) is 5.69 Å². The Kier molecular flexibility index (Phi) is 3.92. The Balaban J connectivity index is 2.52. The minimum atomic E-state index is 0.0230. The highest BCUT2D eigenvalue weighted by atomic mass is 79.9. The van der Waals surface area contributed by atoms with E-state index in [2.05, 4.69) is 15.9 Å². The monoisotopic (exact) mass is 326 g/mol. The Labute approximate surface area is 119 Å². The Hall–Kier alpha value is -1.07. The molecule has 0 fully saturated rings. The lowest BCUT2D eigenvalue weighted by Gasteiger charge is -2.17. The normalized spacial score (nSPS) is 10.8. The molecule has 1 amide bonds. The summed E-state index contributed by atoms with van der Waals surface area (Å²) in [7, 11) is 0. The molecule has 0 aliphatic heterocycles. The SMILES string of the molecule is CCN(CC)C(=O)c1sc2ccc(Br)cc2c1N. The number of hydrogen-bond donors (Lipinski definition) is 1. The lowest BCUT2D eigenvalue weighted by Crippen LogP contribution is -2.30. The topological polar surface area (TPSA) is 46.3 Å². The summed E-state index contributed by atoms with van der Waals surface area (Å²) in [6.07, 6.45) is 0. The zero-order valence-electron chi connectivity index (χ0n) is 10.4. The number of rotatable bonds is 3. The highest BCUT2D eigenvalue weighted by molar-refractivity contribution is 9.10. The van der Waals surface area contributed by atoms with Crippen molar-refractivity contribution in [3.8, 4) is 0 Å². The zero-order valence-corrected chi connectivity index (χ0v) is 12.8. The van der Waals surface area contributed by atoms with E-state index in [0.29, 0.717) is 23.7 Å². The van der Waals surface area contributed by atoms with Crippen LogP contribution in [0.3, 0.4) is 0 Å². The molecule has 96 valence electrons. The molecular weight excluding hydrogens is 312 g/mol. The second-order valence-corrected chi connectivity index (χ2v) is 5.93. The average Bonchev–Trinajstić information content (AvgIpc) is 2.68. The van der Waals surface area contributed by atoms with Crippen molar-refractivity contribution in [1.29, 1.82) is 0 Å². The Morgan fingerprint density at radius 1 is 1.39 bits per heavy atom. The first-order chi connectivity index (χ1) is 8.58. The number of nitrogens with two attached hydrogens (primary N) is 1. The molecule has 2 N–H and O–H groups in total. The molecule has 0 bridgehead atoms. The van der Waals surface area contributed by atoms with Crippen LogP contribution >= 0.6 is 27.3 Å². The number of carbonyl (C=O) groups excluding carboxylic acids is 1. The maximum atomic E-state index is 12.3. The fourth-order valence-electron chi connectivity index (χ4n) is 1.90. The fraction of sp³-hybridized carbons (Fsp3) is 0.308. The predicted molar refractivity (Wildman–Crippen MR) is 81.2 cm³/mol. The van der Waals surface area contributed by atoms with Gasteiger partial charge in [0.15, 0.2) is 0 Å². The van der Waals surface area contributed by atoms with E-state index in [1.54, 1.807) is 4.90 Å². The summed E-state index contributed by atoms with van der Waals surface area (Å²) in [5.74, 6) is 0.0230. The number of nitrogen functional groups attached to an aromatic ring is 1. The number of halogens is 1. The molecule has 0 unspecified atom stereocenters. The highest BCUT2D eigenvalue weighted by Gasteiger charge is 2.20. The van der Waals surface area contributed by atoms with Crippen LogP contribution in [-0.4, -0.2) is 23.9 Å². The average molecular weight is 327 g/mol. The van der Waals surface area contributed by atoms with Gasteiger partial charge >= 0.3 is 0 Å². The van der Waals surface area contributed by atoms with Crippen molar-refractivity contribution in [3.63, 3.8) is 0 Å². The number of fused-ring (bicyclic) bond motifs is 1. The summed E-state index contributed by atoms with van der Waals surface area (Å²) in [6.45, 7) is 5.35. The quantitative estimate of drug-likeness (QED) is 0.934. The van der Waals surface area contributed by atoms with E-state index in [9.17, 15) is 4.79 Å². The van der Waals surface area contributed by atoms with Crippen LogP contribution < -0.4 is 5.73 Å². The molecule has 1 aromatic carbocycles. The Morgan fingerprint density at radius 3 is 2.67 bits per heavy atom. The maximum Gasteiger partial charge on any atom is 0.266 e. The standard InChI is InChI=1S/C13H15BrN2OS/c1-3-16(4-2)13(17)12-11(15)9-7-8(14)5-6-10(9)18-12/h5-7H,3-4,15H2,1-2H3. The second kappa shape index (κ2) is 5.28. The molecule has 0 saturated carbocycles. The van der Waals surface area contributed by atoms with Crippen molar-refractivity contribution in [1.82, 2.24) is 4.90 Å². The van der Waals surface area contributed by atoms with Crippen molar-refractivity contribution in [2.24, 2.45) is 0 Å². The number of thiophene rings is 1. The van der Waals surface area contributed by atoms with Gasteiger partial charge in [-0.1, -0.05) is 15.9 Å². The third-order valence-electron chi connectivity index (χ3n) is 2.93. The first-order valence-electron chi connectivity index (χ1n) is 5.85. The minimum absolute atomic E-state index is 0.0230. The van der Waals surface area contributed by atoms with Gasteiger partial charge in [0.25, 0.3) is 5.91 Å². The minimum Gasteiger partial charge on any atom is -0.397 e. The molecule has 0 spiro atoms. The van der Waals surface area contributed by atoms with E-state index in [1.807, 2.05) is 32.0 Å². The van der Waals surface area contributed by atoms with Gasteiger partial charge < -0.3 is 10.6 Å². The van der Waals surface area contributed by atoms with E-state index in [-0.39, 0.29) is 5.91 Å². The second-order valence-electron chi connectivity index (χ2n) is 3.96. The molecule has 1 heterocycles. The number of hydrogen-bond acceptors (Lipinski definition) is 3. The van der Waals surface area contributed by atoms with Gasteiger partial charge in [0.1, 0.15) is 4.88 Å². The predicted octanol–water partition coefficient (Wildman–Crippen LogP) is 3.73. The summed E-state index contributed by atoms with van der Waals surface area (Å²) in [6, 6.07) is 5.91. The van der Waals surface area contributed by atoms with E-state index in [0.717, 1.165) is 14.6 Å². The van der Waals surface area contributed by atoms with Gasteiger partial charge in [0.2, 0.25) is 0 Å². The van der Waals surface area contributed by atoms with Gasteiger partial charge in [-0.15, -0.1) is 11.3 Å². The molecule has 0 atom stereocenters. The number of carbonyl (C=O) groups is 1. The number of benzene rings is 1. The molecule has 18 heavy (non-hydrogen) atoms. The van der Waals surface area contributed by atoms with Crippen LogP contribution in [0, 0.1) is 0 Å². The van der Waals surface area contributed by atoms with E-state index >= 15 is 0 Å². The summed E-state index contributed by atoms with van der Waals surface area (Å²) < 4.78 is 2.02. The van der Waals surface area contributed by atoms with Crippen LogP contribution in [0.4, 0.5) is 5.69 Å². The van der Waals surface area contributed by atoms with Crippen LogP contribution in [-0.2, 0) is 0 Å². The third kappa shape index (κ3) is 2.24. The molecule has 5 heteroatoms. The van der Waals surface area contributed by atoms with Crippen molar-refractivity contribution < 1.29 is 4.79 Å². The van der Waals surface area contributed by atoms with Gasteiger partial charge in [-0.3, -0.25) is 4.79 Å². The number of nitrogens with zero attached hydrogens (tertiary/aromatic N) is 1. The van der Waals surface area contributed by atoms with Crippen molar-refractivity contribution in [2.45, 2.75) is 13.8 Å².